The highest BCUT2D eigenvalue weighted by Gasteiger charge is 2.09. The largest absolute Gasteiger partial charge is 0.481 e. The third kappa shape index (κ3) is 2.76. The fraction of sp³-hybridized carbons (Fsp3) is 0.125. The van der Waals surface area contributed by atoms with Gasteiger partial charge in [0.05, 0.1) is 0 Å². The fourth-order valence-electron chi connectivity index (χ4n) is 1.72. The van der Waals surface area contributed by atoms with Crippen LogP contribution < -0.4 is 4.74 Å². The first kappa shape index (κ1) is 11.5. The molecule has 2 rings (SSSR count). The number of para-hydroxylation sites is 1. The molecule has 0 aliphatic rings. The second-order valence-electron chi connectivity index (χ2n) is 3.95. The van der Waals surface area contributed by atoms with Gasteiger partial charge in [0.15, 0.2) is 0 Å². The van der Waals surface area contributed by atoms with Crippen molar-refractivity contribution in [2.24, 2.45) is 0 Å². The van der Waals surface area contributed by atoms with Gasteiger partial charge in [0.25, 0.3) is 0 Å². The number of ether oxygens (including phenoxy) is 1. The highest BCUT2D eigenvalue weighted by atomic mass is 16.5. The minimum Gasteiger partial charge on any atom is -0.481 e. The van der Waals surface area contributed by atoms with E-state index in [1.807, 2.05) is 67.6 Å². The van der Waals surface area contributed by atoms with Gasteiger partial charge in [-0.3, -0.25) is 0 Å². The minimum atomic E-state index is -0.0997. The van der Waals surface area contributed by atoms with Gasteiger partial charge in [0, 0.05) is 0 Å². The van der Waals surface area contributed by atoms with Crippen LogP contribution in [0.3, 0.4) is 0 Å². The van der Waals surface area contributed by atoms with Crippen LogP contribution in [0.5, 0.6) is 5.75 Å². The molecular formula is C16H16O. The van der Waals surface area contributed by atoms with Crippen LogP contribution in [0.1, 0.15) is 17.2 Å². The normalized spacial score (nSPS) is 11.8. The quantitative estimate of drug-likeness (QED) is 0.703. The average molecular weight is 224 g/mol. The molecule has 1 unspecified atom stereocenters. The third-order valence-electron chi connectivity index (χ3n) is 2.69. The lowest BCUT2D eigenvalue weighted by atomic mass is 10.1. The zero-order chi connectivity index (χ0) is 12.1. The Bertz CT molecular complexity index is 488. The Kier molecular flexibility index (Phi) is 3.61. The van der Waals surface area contributed by atoms with Crippen molar-refractivity contribution in [3.63, 3.8) is 0 Å². The molecule has 0 amide bonds. The summed E-state index contributed by atoms with van der Waals surface area (Å²) in [6.07, 6.45) is 1.72. The van der Waals surface area contributed by atoms with Crippen LogP contribution in [-0.2, 0) is 0 Å². The molecule has 17 heavy (non-hydrogen) atoms. The summed E-state index contributed by atoms with van der Waals surface area (Å²) >= 11 is 0. The van der Waals surface area contributed by atoms with Crippen LogP contribution in [0.25, 0.3) is 0 Å². The second kappa shape index (κ2) is 5.35. The molecule has 0 aromatic heterocycles. The first-order chi connectivity index (χ1) is 8.31. The van der Waals surface area contributed by atoms with Gasteiger partial charge in [-0.1, -0.05) is 55.1 Å². The van der Waals surface area contributed by atoms with Crippen molar-refractivity contribution in [1.82, 2.24) is 0 Å². The van der Waals surface area contributed by atoms with Gasteiger partial charge in [-0.2, -0.15) is 0 Å². The van der Waals surface area contributed by atoms with Crippen LogP contribution in [0.2, 0.25) is 0 Å². The predicted molar refractivity (Wildman–Crippen MR) is 71.2 cm³/mol. The molecular weight excluding hydrogens is 208 g/mol. The Morgan fingerprint density at radius 1 is 1.00 bits per heavy atom. The first-order valence-corrected chi connectivity index (χ1v) is 5.71. The summed E-state index contributed by atoms with van der Waals surface area (Å²) in [5.41, 5.74) is 2.25. The maximum absolute atomic E-state index is 5.96. The number of hydrogen-bond acceptors (Lipinski definition) is 1. The molecule has 1 heteroatoms. The van der Waals surface area contributed by atoms with Gasteiger partial charge in [-0.15, -0.1) is 0 Å². The summed E-state index contributed by atoms with van der Waals surface area (Å²) in [5, 5.41) is 0. The Morgan fingerprint density at radius 2 is 1.65 bits per heavy atom. The van der Waals surface area contributed by atoms with Crippen molar-refractivity contribution in [1.29, 1.82) is 0 Å². The lowest BCUT2D eigenvalue weighted by molar-refractivity contribution is 0.254. The van der Waals surface area contributed by atoms with Crippen LogP contribution in [-0.4, -0.2) is 0 Å². The van der Waals surface area contributed by atoms with E-state index in [9.17, 15) is 0 Å². The molecule has 0 saturated carbocycles. The van der Waals surface area contributed by atoms with E-state index in [1.165, 1.54) is 0 Å². The van der Waals surface area contributed by atoms with Crippen molar-refractivity contribution in [3.8, 4) is 5.75 Å². The predicted octanol–water partition coefficient (Wildman–Crippen LogP) is 4.30. The number of aryl methyl sites for hydroxylation is 1. The first-order valence-electron chi connectivity index (χ1n) is 5.71. The number of hydrogen-bond donors (Lipinski definition) is 0. The molecule has 2 aromatic rings. The van der Waals surface area contributed by atoms with E-state index in [0.717, 1.165) is 16.9 Å². The Balaban J connectivity index is 2.22. The Labute approximate surface area is 102 Å². The Hall–Kier alpha value is -2.02. The zero-order valence-corrected chi connectivity index (χ0v) is 9.97. The van der Waals surface area contributed by atoms with E-state index in [0.29, 0.717) is 0 Å². The molecule has 0 radical (unpaired) electrons. The molecule has 0 bridgehead atoms. The molecule has 0 saturated heterocycles. The summed E-state index contributed by atoms with van der Waals surface area (Å²) in [6, 6.07) is 18.1. The molecule has 1 atom stereocenters. The molecule has 0 fully saturated rings. The molecule has 86 valence electrons. The van der Waals surface area contributed by atoms with Gasteiger partial charge in [0.2, 0.25) is 0 Å². The number of rotatable bonds is 4. The SMILES string of the molecule is C=CC(Oc1ccccc1C)c1ccccc1. The third-order valence-corrected chi connectivity index (χ3v) is 2.69. The summed E-state index contributed by atoms with van der Waals surface area (Å²) < 4.78 is 5.96. The van der Waals surface area contributed by atoms with E-state index < -0.39 is 0 Å². The van der Waals surface area contributed by atoms with E-state index in [1.54, 1.807) is 0 Å². The number of benzene rings is 2. The summed E-state index contributed by atoms with van der Waals surface area (Å²) in [5.74, 6) is 0.904. The molecule has 0 heterocycles. The van der Waals surface area contributed by atoms with Crippen LogP contribution in [0.15, 0.2) is 67.3 Å². The maximum atomic E-state index is 5.96. The van der Waals surface area contributed by atoms with Crippen LogP contribution >= 0.6 is 0 Å². The van der Waals surface area contributed by atoms with E-state index in [2.05, 4.69) is 6.58 Å². The summed E-state index contributed by atoms with van der Waals surface area (Å²) in [7, 11) is 0. The molecule has 1 nitrogen and oxygen atoms in total. The Morgan fingerprint density at radius 3 is 2.29 bits per heavy atom. The fourth-order valence-corrected chi connectivity index (χ4v) is 1.72. The van der Waals surface area contributed by atoms with Gasteiger partial charge >= 0.3 is 0 Å². The monoisotopic (exact) mass is 224 g/mol. The molecule has 0 spiro atoms. The lowest BCUT2D eigenvalue weighted by Crippen LogP contribution is -2.04. The standard InChI is InChI=1S/C16H16O/c1-3-15(14-10-5-4-6-11-14)17-16-12-8-7-9-13(16)2/h3-12,15H,1H2,2H3. The molecule has 0 aliphatic heterocycles. The van der Waals surface area contributed by atoms with E-state index in [-0.39, 0.29) is 6.10 Å². The molecule has 2 aromatic carbocycles. The lowest BCUT2D eigenvalue weighted by Gasteiger charge is -2.17. The highest BCUT2D eigenvalue weighted by Crippen LogP contribution is 2.25. The van der Waals surface area contributed by atoms with E-state index >= 15 is 0 Å². The molecule has 0 aliphatic carbocycles. The summed E-state index contributed by atoms with van der Waals surface area (Å²) in [4.78, 5) is 0. The maximum Gasteiger partial charge on any atom is 0.142 e. The van der Waals surface area contributed by atoms with Gasteiger partial charge in [0.1, 0.15) is 11.9 Å². The van der Waals surface area contributed by atoms with Crippen LogP contribution in [0, 0.1) is 6.92 Å². The van der Waals surface area contributed by atoms with Crippen molar-refractivity contribution in [2.75, 3.05) is 0 Å². The minimum absolute atomic E-state index is 0.0997. The van der Waals surface area contributed by atoms with Crippen molar-refractivity contribution >= 4 is 0 Å². The van der Waals surface area contributed by atoms with Crippen molar-refractivity contribution in [2.45, 2.75) is 13.0 Å². The van der Waals surface area contributed by atoms with Crippen LogP contribution in [0.4, 0.5) is 0 Å². The van der Waals surface area contributed by atoms with Gasteiger partial charge < -0.3 is 4.74 Å². The van der Waals surface area contributed by atoms with Gasteiger partial charge in [-0.05, 0) is 30.2 Å². The second-order valence-corrected chi connectivity index (χ2v) is 3.95. The van der Waals surface area contributed by atoms with Crippen molar-refractivity contribution in [3.05, 3.63) is 78.4 Å². The zero-order valence-electron chi connectivity index (χ0n) is 9.97. The van der Waals surface area contributed by atoms with E-state index in [4.69, 9.17) is 4.74 Å². The van der Waals surface area contributed by atoms with Gasteiger partial charge in [-0.25, -0.2) is 0 Å². The molecule has 0 N–H and O–H groups in total. The summed E-state index contributed by atoms with van der Waals surface area (Å²) in [6.45, 7) is 5.88. The highest BCUT2D eigenvalue weighted by molar-refractivity contribution is 5.33. The topological polar surface area (TPSA) is 9.23 Å². The smallest absolute Gasteiger partial charge is 0.142 e. The van der Waals surface area contributed by atoms with Crippen molar-refractivity contribution < 1.29 is 4.74 Å². The average Bonchev–Trinajstić information content (AvgIpc) is 2.39.